The van der Waals surface area contributed by atoms with Gasteiger partial charge < -0.3 is 24.8 Å². The third-order valence-electron chi connectivity index (χ3n) is 5.23. The largest absolute Gasteiger partial charge is 0.493 e. The monoisotopic (exact) mass is 363 g/mol. The van der Waals surface area contributed by atoms with Crippen LogP contribution in [0.2, 0.25) is 0 Å². The van der Waals surface area contributed by atoms with E-state index in [1.54, 1.807) is 28.4 Å². The predicted octanol–water partition coefficient (Wildman–Crippen LogP) is 3.20. The molecule has 0 saturated heterocycles. The highest BCUT2D eigenvalue weighted by Gasteiger charge is 2.21. The van der Waals surface area contributed by atoms with Gasteiger partial charge in [-0.25, -0.2) is 0 Å². The molecular weight excluding hydrogens is 330 g/mol. The number of aliphatic imine (C=N–C) groups is 1. The van der Waals surface area contributed by atoms with Crippen LogP contribution in [0, 0.1) is 11.8 Å². The van der Waals surface area contributed by atoms with E-state index in [4.69, 9.17) is 14.2 Å². The molecule has 2 N–H and O–H groups in total. The Labute approximate surface area is 157 Å². The van der Waals surface area contributed by atoms with E-state index in [0.29, 0.717) is 23.8 Å². The molecule has 1 aromatic carbocycles. The molecule has 0 aromatic heterocycles. The summed E-state index contributed by atoms with van der Waals surface area (Å²) >= 11 is 0. The van der Waals surface area contributed by atoms with Gasteiger partial charge in [0.05, 0.1) is 21.3 Å². The van der Waals surface area contributed by atoms with Crippen LogP contribution in [0.1, 0.15) is 38.2 Å². The van der Waals surface area contributed by atoms with E-state index in [-0.39, 0.29) is 0 Å². The molecule has 0 aliphatic heterocycles. The molecule has 146 valence electrons. The lowest BCUT2D eigenvalue weighted by Gasteiger charge is -2.29. The molecule has 2 atom stereocenters. The molecule has 6 nitrogen and oxygen atoms in total. The maximum Gasteiger partial charge on any atom is 0.203 e. The molecule has 0 heterocycles. The summed E-state index contributed by atoms with van der Waals surface area (Å²) in [6.45, 7) is 3.95. The lowest BCUT2D eigenvalue weighted by molar-refractivity contribution is 0.256. The van der Waals surface area contributed by atoms with Crippen LogP contribution >= 0.6 is 0 Å². The number of hydrogen-bond acceptors (Lipinski definition) is 4. The lowest BCUT2D eigenvalue weighted by Crippen LogP contribution is -2.41. The first-order valence-electron chi connectivity index (χ1n) is 9.36. The first kappa shape index (κ1) is 20.2. The minimum absolute atomic E-state index is 0.604. The molecule has 0 radical (unpaired) electrons. The van der Waals surface area contributed by atoms with Crippen molar-refractivity contribution in [2.24, 2.45) is 16.8 Å². The molecule has 0 amide bonds. The van der Waals surface area contributed by atoms with Crippen LogP contribution in [-0.4, -0.2) is 40.9 Å². The zero-order valence-corrected chi connectivity index (χ0v) is 16.7. The van der Waals surface area contributed by atoms with Crippen LogP contribution in [0.4, 0.5) is 0 Å². The fraction of sp³-hybridized carbons (Fsp3) is 0.650. The van der Waals surface area contributed by atoms with Crippen molar-refractivity contribution in [3.8, 4) is 17.2 Å². The van der Waals surface area contributed by atoms with Gasteiger partial charge in [0.2, 0.25) is 5.75 Å². The van der Waals surface area contributed by atoms with Crippen molar-refractivity contribution in [1.29, 1.82) is 0 Å². The second-order valence-corrected chi connectivity index (χ2v) is 6.86. The normalized spacial score (nSPS) is 20.4. The Morgan fingerprint density at radius 3 is 2.23 bits per heavy atom. The number of ether oxygens (including phenoxy) is 3. The summed E-state index contributed by atoms with van der Waals surface area (Å²) in [7, 11) is 6.66. The molecule has 1 aliphatic rings. The fourth-order valence-corrected chi connectivity index (χ4v) is 3.57. The van der Waals surface area contributed by atoms with Gasteiger partial charge in [-0.2, -0.15) is 0 Å². The minimum Gasteiger partial charge on any atom is -0.493 e. The number of benzene rings is 1. The zero-order chi connectivity index (χ0) is 18.9. The highest BCUT2D eigenvalue weighted by molar-refractivity contribution is 5.79. The molecule has 1 aromatic rings. The van der Waals surface area contributed by atoms with Gasteiger partial charge in [-0.05, 0) is 36.0 Å². The fourth-order valence-electron chi connectivity index (χ4n) is 3.57. The summed E-state index contributed by atoms with van der Waals surface area (Å²) in [6, 6.07) is 3.90. The molecule has 6 heteroatoms. The van der Waals surface area contributed by atoms with Gasteiger partial charge in [0.1, 0.15) is 0 Å². The van der Waals surface area contributed by atoms with Crippen molar-refractivity contribution in [3.05, 3.63) is 17.7 Å². The maximum atomic E-state index is 5.41. The average molecular weight is 364 g/mol. The SMILES string of the molecule is CN=C(NCc1cc(OC)c(OC)c(OC)c1)NCC1CCCCC1C. The van der Waals surface area contributed by atoms with Crippen LogP contribution in [0.3, 0.4) is 0 Å². The van der Waals surface area contributed by atoms with E-state index < -0.39 is 0 Å². The van der Waals surface area contributed by atoms with Crippen LogP contribution in [0.15, 0.2) is 17.1 Å². The number of hydrogen-bond donors (Lipinski definition) is 2. The first-order chi connectivity index (χ1) is 12.6. The van der Waals surface area contributed by atoms with E-state index in [9.17, 15) is 0 Å². The number of nitrogens with one attached hydrogen (secondary N) is 2. The highest BCUT2D eigenvalue weighted by Crippen LogP contribution is 2.38. The second-order valence-electron chi connectivity index (χ2n) is 6.86. The van der Waals surface area contributed by atoms with Gasteiger partial charge >= 0.3 is 0 Å². The smallest absolute Gasteiger partial charge is 0.203 e. The third-order valence-corrected chi connectivity index (χ3v) is 5.23. The summed E-state index contributed by atoms with van der Waals surface area (Å²) in [4.78, 5) is 4.34. The van der Waals surface area contributed by atoms with Gasteiger partial charge in [0.15, 0.2) is 17.5 Å². The van der Waals surface area contributed by atoms with Gasteiger partial charge in [-0.15, -0.1) is 0 Å². The van der Waals surface area contributed by atoms with E-state index in [0.717, 1.165) is 29.9 Å². The highest BCUT2D eigenvalue weighted by atomic mass is 16.5. The summed E-state index contributed by atoms with van der Waals surface area (Å²) in [6.07, 6.45) is 5.35. The number of rotatable bonds is 7. The quantitative estimate of drug-likeness (QED) is 0.575. The molecule has 1 saturated carbocycles. The average Bonchev–Trinajstić information content (AvgIpc) is 2.68. The molecule has 1 fully saturated rings. The predicted molar refractivity (Wildman–Crippen MR) is 105 cm³/mol. The summed E-state index contributed by atoms with van der Waals surface area (Å²) < 4.78 is 16.2. The van der Waals surface area contributed by atoms with E-state index >= 15 is 0 Å². The first-order valence-corrected chi connectivity index (χ1v) is 9.36. The Morgan fingerprint density at radius 2 is 1.69 bits per heavy atom. The summed E-state index contributed by atoms with van der Waals surface area (Å²) in [5.74, 6) is 4.24. The third kappa shape index (κ3) is 5.19. The Balaban J connectivity index is 1.95. The number of guanidine groups is 1. The van der Waals surface area contributed by atoms with Crippen molar-refractivity contribution >= 4 is 5.96 Å². The molecular formula is C20H33N3O3. The van der Waals surface area contributed by atoms with E-state index in [2.05, 4.69) is 22.5 Å². The number of nitrogens with zero attached hydrogens (tertiary/aromatic N) is 1. The minimum atomic E-state index is 0.604. The zero-order valence-electron chi connectivity index (χ0n) is 16.7. The van der Waals surface area contributed by atoms with Gasteiger partial charge in [-0.1, -0.05) is 26.2 Å². The Kier molecular flexibility index (Phi) is 7.88. The Bertz CT molecular complexity index is 579. The molecule has 2 unspecified atom stereocenters. The topological polar surface area (TPSA) is 64.1 Å². The molecule has 1 aliphatic carbocycles. The van der Waals surface area contributed by atoms with Crippen LogP contribution in [-0.2, 0) is 6.54 Å². The molecule has 2 rings (SSSR count). The standard InChI is InChI=1S/C20H33N3O3/c1-14-8-6-7-9-16(14)13-23-20(21-2)22-12-15-10-17(24-3)19(26-5)18(11-15)25-4/h10-11,14,16H,6-9,12-13H2,1-5H3,(H2,21,22,23). The van der Waals surface area contributed by atoms with Gasteiger partial charge in [-0.3, -0.25) is 4.99 Å². The van der Waals surface area contributed by atoms with E-state index in [1.807, 2.05) is 12.1 Å². The van der Waals surface area contributed by atoms with E-state index in [1.165, 1.54) is 25.7 Å². The lowest BCUT2D eigenvalue weighted by atomic mass is 9.80. The molecule has 0 bridgehead atoms. The molecule has 26 heavy (non-hydrogen) atoms. The summed E-state index contributed by atoms with van der Waals surface area (Å²) in [5, 5.41) is 6.84. The van der Waals surface area contributed by atoms with Crippen molar-refractivity contribution in [2.45, 2.75) is 39.2 Å². The van der Waals surface area contributed by atoms with Crippen molar-refractivity contribution in [1.82, 2.24) is 10.6 Å². The second kappa shape index (κ2) is 10.1. The van der Waals surface area contributed by atoms with Crippen LogP contribution in [0.25, 0.3) is 0 Å². The van der Waals surface area contributed by atoms with Crippen molar-refractivity contribution < 1.29 is 14.2 Å². The molecule has 0 spiro atoms. The van der Waals surface area contributed by atoms with Gasteiger partial charge in [0.25, 0.3) is 0 Å². The van der Waals surface area contributed by atoms with Gasteiger partial charge in [0, 0.05) is 20.1 Å². The van der Waals surface area contributed by atoms with Crippen molar-refractivity contribution in [2.75, 3.05) is 34.9 Å². The number of methoxy groups -OCH3 is 3. The Hall–Kier alpha value is -2.11. The van der Waals surface area contributed by atoms with Crippen LogP contribution < -0.4 is 24.8 Å². The Morgan fingerprint density at radius 1 is 1.04 bits per heavy atom. The van der Waals surface area contributed by atoms with Crippen molar-refractivity contribution in [3.63, 3.8) is 0 Å². The van der Waals surface area contributed by atoms with Crippen LogP contribution in [0.5, 0.6) is 17.2 Å². The maximum absolute atomic E-state index is 5.41. The summed E-state index contributed by atoms with van der Waals surface area (Å²) in [5.41, 5.74) is 1.04.